The number of para-hydroxylation sites is 1. The molecule has 2 atom stereocenters. The van der Waals surface area contributed by atoms with E-state index in [2.05, 4.69) is 97.5 Å². The fourth-order valence-corrected chi connectivity index (χ4v) is 6.30. The molecule has 2 aliphatic heterocycles. The smallest absolute Gasteiger partial charge is 0.0639 e. The Labute approximate surface area is 206 Å². The summed E-state index contributed by atoms with van der Waals surface area (Å²) >= 11 is 6.44. The van der Waals surface area contributed by atoms with Crippen molar-refractivity contribution in [2.24, 2.45) is 0 Å². The van der Waals surface area contributed by atoms with Crippen LogP contribution in [0.2, 0.25) is 5.02 Å². The van der Waals surface area contributed by atoms with Crippen LogP contribution >= 0.6 is 11.6 Å². The molecule has 5 heteroatoms. The van der Waals surface area contributed by atoms with Gasteiger partial charge in [0.1, 0.15) is 0 Å². The zero-order valence-electron chi connectivity index (χ0n) is 21.3. The molecular weight excluding hydrogens is 428 g/mol. The number of halogens is 1. The van der Waals surface area contributed by atoms with Crippen LogP contribution in [0.15, 0.2) is 48.5 Å². The Hall–Kier alpha value is -1.75. The van der Waals surface area contributed by atoms with Crippen LogP contribution in [0.4, 0.5) is 11.4 Å². The van der Waals surface area contributed by atoms with Crippen molar-refractivity contribution >= 4 is 23.0 Å². The van der Waals surface area contributed by atoms with Gasteiger partial charge in [-0.25, -0.2) is 0 Å². The summed E-state index contributed by atoms with van der Waals surface area (Å²) < 4.78 is 0. The van der Waals surface area contributed by atoms with Crippen LogP contribution < -0.4 is 9.80 Å². The van der Waals surface area contributed by atoms with Gasteiger partial charge in [0.05, 0.1) is 10.7 Å². The van der Waals surface area contributed by atoms with Gasteiger partial charge in [-0.15, -0.1) is 0 Å². The van der Waals surface area contributed by atoms with Gasteiger partial charge in [-0.2, -0.15) is 0 Å². The van der Waals surface area contributed by atoms with Gasteiger partial charge in [-0.05, 0) is 71.4 Å². The summed E-state index contributed by atoms with van der Waals surface area (Å²) in [5.74, 6) is 0. The second-order valence-corrected chi connectivity index (χ2v) is 11.1. The third-order valence-electron chi connectivity index (χ3n) is 7.79. The van der Waals surface area contributed by atoms with E-state index in [1.807, 2.05) is 12.1 Å². The van der Waals surface area contributed by atoms with Crippen molar-refractivity contribution in [2.45, 2.75) is 65.2 Å². The summed E-state index contributed by atoms with van der Waals surface area (Å²) in [6.07, 6.45) is 0. The van der Waals surface area contributed by atoms with Crippen LogP contribution in [0, 0.1) is 0 Å². The molecule has 0 aromatic heterocycles. The highest BCUT2D eigenvalue weighted by Gasteiger charge is 2.33. The number of nitrogens with zero attached hydrogens (tertiary/aromatic N) is 4. The average Bonchev–Trinajstić information content (AvgIpc) is 2.79. The zero-order valence-corrected chi connectivity index (χ0v) is 22.0. The fraction of sp³-hybridized carbons (Fsp3) is 0.571. The summed E-state index contributed by atoms with van der Waals surface area (Å²) in [6, 6.07) is 19.3. The first-order chi connectivity index (χ1) is 15.7. The van der Waals surface area contributed by atoms with E-state index in [0.29, 0.717) is 18.1 Å². The molecule has 0 spiro atoms. The predicted octanol–water partition coefficient (Wildman–Crippen LogP) is 5.70. The fourth-order valence-electron chi connectivity index (χ4n) is 6.04. The lowest BCUT2D eigenvalue weighted by Crippen LogP contribution is -2.59. The van der Waals surface area contributed by atoms with Crippen molar-refractivity contribution in [1.82, 2.24) is 9.80 Å². The van der Waals surface area contributed by atoms with Crippen molar-refractivity contribution < 1.29 is 0 Å². The molecule has 2 saturated heterocycles. The van der Waals surface area contributed by atoms with Gasteiger partial charge in [0.25, 0.3) is 0 Å². The van der Waals surface area contributed by atoms with E-state index in [0.717, 1.165) is 50.0 Å². The van der Waals surface area contributed by atoms with Gasteiger partial charge in [0.2, 0.25) is 0 Å². The minimum atomic E-state index is 0.00201. The molecule has 0 radical (unpaired) electrons. The Kier molecular flexibility index (Phi) is 7.28. The number of hydrogen-bond acceptors (Lipinski definition) is 4. The number of benzene rings is 2. The molecule has 2 heterocycles. The Bertz CT molecular complexity index is 906. The maximum atomic E-state index is 6.44. The first kappa shape index (κ1) is 24.4. The summed E-state index contributed by atoms with van der Waals surface area (Å²) in [6.45, 7) is 20.3. The van der Waals surface area contributed by atoms with Crippen molar-refractivity contribution in [3.8, 4) is 0 Å². The second kappa shape index (κ2) is 9.85. The quantitative estimate of drug-likeness (QED) is 0.557. The van der Waals surface area contributed by atoms with Crippen molar-refractivity contribution in [1.29, 1.82) is 0 Å². The molecule has 0 bridgehead atoms. The van der Waals surface area contributed by atoms with Gasteiger partial charge in [-0.3, -0.25) is 9.80 Å². The van der Waals surface area contributed by atoms with E-state index in [-0.39, 0.29) is 5.54 Å². The first-order valence-corrected chi connectivity index (χ1v) is 12.9. The Morgan fingerprint density at radius 1 is 0.818 bits per heavy atom. The largest absolute Gasteiger partial charge is 0.368 e. The third kappa shape index (κ3) is 5.03. The van der Waals surface area contributed by atoms with E-state index < -0.39 is 0 Å². The highest BCUT2D eigenvalue weighted by molar-refractivity contribution is 6.33. The lowest BCUT2D eigenvalue weighted by molar-refractivity contribution is 0.0953. The molecule has 2 fully saturated rings. The number of piperazine rings is 2. The molecule has 180 valence electrons. The van der Waals surface area contributed by atoms with Crippen LogP contribution in [0.1, 0.15) is 47.1 Å². The second-order valence-electron chi connectivity index (χ2n) is 10.7. The molecule has 2 aromatic carbocycles. The molecular formula is C28H41ClN4. The molecule has 2 aromatic rings. The molecule has 4 nitrogen and oxygen atoms in total. The Morgan fingerprint density at radius 2 is 1.39 bits per heavy atom. The lowest BCUT2D eigenvalue weighted by Gasteiger charge is -2.47. The lowest BCUT2D eigenvalue weighted by atomic mass is 9.91. The standard InChI is InChI=1S/C28H41ClN4/c1-21(2)33-22(3)19-31(20-23(33)4)25-13-11-24(12-14-25)28(5,6)32-17-15-30(16-18-32)27-10-8-7-9-26(27)29/h7-14,21-23H,15-20H2,1-6H3. The van der Waals surface area contributed by atoms with Crippen LogP contribution in [0.25, 0.3) is 0 Å². The highest BCUT2D eigenvalue weighted by Crippen LogP contribution is 2.33. The molecule has 33 heavy (non-hydrogen) atoms. The minimum Gasteiger partial charge on any atom is -0.368 e. The van der Waals surface area contributed by atoms with Crippen molar-refractivity contribution in [2.75, 3.05) is 49.1 Å². The predicted molar refractivity (Wildman–Crippen MR) is 143 cm³/mol. The van der Waals surface area contributed by atoms with Gasteiger partial charge >= 0.3 is 0 Å². The monoisotopic (exact) mass is 468 g/mol. The summed E-state index contributed by atoms with van der Waals surface area (Å²) in [5.41, 5.74) is 3.89. The SMILES string of the molecule is CC(C)N1C(C)CN(c2ccc(C(C)(C)N3CCN(c4ccccc4Cl)CC3)cc2)CC1C. The Morgan fingerprint density at radius 3 is 1.94 bits per heavy atom. The zero-order chi connectivity index (χ0) is 23.8. The Balaban J connectivity index is 1.41. The van der Waals surface area contributed by atoms with Crippen molar-refractivity contribution in [3.63, 3.8) is 0 Å². The highest BCUT2D eigenvalue weighted by atomic mass is 35.5. The van der Waals surface area contributed by atoms with Gasteiger partial charge in [-0.1, -0.05) is 35.9 Å². The average molecular weight is 469 g/mol. The van der Waals surface area contributed by atoms with E-state index in [1.165, 1.54) is 11.3 Å². The summed E-state index contributed by atoms with van der Waals surface area (Å²) in [7, 11) is 0. The minimum absolute atomic E-state index is 0.00201. The van der Waals surface area contributed by atoms with Gasteiger partial charge in [0.15, 0.2) is 0 Å². The van der Waals surface area contributed by atoms with Crippen LogP contribution in [0.3, 0.4) is 0 Å². The van der Waals surface area contributed by atoms with Crippen LogP contribution in [0.5, 0.6) is 0 Å². The normalized spacial score (nSPS) is 23.4. The maximum Gasteiger partial charge on any atom is 0.0639 e. The maximum absolute atomic E-state index is 6.44. The molecule has 2 aliphatic rings. The molecule has 2 unspecified atom stereocenters. The van der Waals surface area contributed by atoms with E-state index in [9.17, 15) is 0 Å². The van der Waals surface area contributed by atoms with Gasteiger partial charge < -0.3 is 9.80 Å². The first-order valence-electron chi connectivity index (χ1n) is 12.6. The number of rotatable bonds is 5. The van der Waals surface area contributed by atoms with Crippen LogP contribution in [-0.4, -0.2) is 67.2 Å². The number of hydrogen-bond donors (Lipinski definition) is 0. The molecule has 0 aliphatic carbocycles. The summed E-state index contributed by atoms with van der Waals surface area (Å²) in [5, 5.41) is 0.846. The topological polar surface area (TPSA) is 13.0 Å². The molecule has 0 amide bonds. The van der Waals surface area contributed by atoms with E-state index in [1.54, 1.807) is 0 Å². The molecule has 0 saturated carbocycles. The van der Waals surface area contributed by atoms with Gasteiger partial charge in [0, 0.05) is 68.6 Å². The summed E-state index contributed by atoms with van der Waals surface area (Å²) in [4.78, 5) is 10.2. The van der Waals surface area contributed by atoms with E-state index >= 15 is 0 Å². The molecule has 0 N–H and O–H groups in total. The number of anilines is 2. The van der Waals surface area contributed by atoms with Crippen molar-refractivity contribution in [3.05, 3.63) is 59.1 Å². The van der Waals surface area contributed by atoms with Crippen LogP contribution in [-0.2, 0) is 5.54 Å². The third-order valence-corrected chi connectivity index (χ3v) is 8.11. The molecule has 4 rings (SSSR count). The van der Waals surface area contributed by atoms with E-state index in [4.69, 9.17) is 11.6 Å².